The molecule has 0 spiro atoms. The van der Waals surface area contributed by atoms with Crippen molar-refractivity contribution in [3.63, 3.8) is 0 Å². The Morgan fingerprint density at radius 1 is 1.03 bits per heavy atom. The van der Waals surface area contributed by atoms with Gasteiger partial charge in [-0.25, -0.2) is 4.98 Å². The van der Waals surface area contributed by atoms with Crippen LogP contribution in [0.2, 0.25) is 0 Å². The first-order chi connectivity index (χ1) is 14.5. The minimum absolute atomic E-state index is 0.307. The molecule has 146 valence electrons. The van der Waals surface area contributed by atoms with Gasteiger partial charge in [-0.2, -0.15) is 15.4 Å². The Labute approximate surface area is 178 Å². The molecule has 6 heteroatoms. The second kappa shape index (κ2) is 8.27. The van der Waals surface area contributed by atoms with Crippen molar-refractivity contribution in [3.8, 4) is 6.07 Å². The lowest BCUT2D eigenvalue weighted by molar-refractivity contribution is 0.0988. The summed E-state index contributed by atoms with van der Waals surface area (Å²) in [6.07, 6.45) is 1.65. The summed E-state index contributed by atoms with van der Waals surface area (Å²) in [6.45, 7) is 4.04. The van der Waals surface area contributed by atoms with E-state index in [9.17, 15) is 4.79 Å². The lowest BCUT2D eigenvalue weighted by Crippen LogP contribution is -2.25. The molecule has 1 heterocycles. The van der Waals surface area contributed by atoms with E-state index in [0.29, 0.717) is 16.3 Å². The third-order valence-corrected chi connectivity index (χ3v) is 5.56. The SMILES string of the molecule is Cc1ccc(/C=N/N(C(=O)c2ccc(C#N)cc2)c2nc3ccc(C)cc3s2)cc1. The van der Waals surface area contributed by atoms with Gasteiger partial charge in [-0.05, 0) is 61.4 Å². The zero-order chi connectivity index (χ0) is 21.1. The smallest absolute Gasteiger partial charge is 0.267 e. The maximum absolute atomic E-state index is 13.3. The molecule has 0 N–H and O–H groups in total. The lowest BCUT2D eigenvalue weighted by Gasteiger charge is -2.14. The minimum atomic E-state index is -0.307. The summed E-state index contributed by atoms with van der Waals surface area (Å²) in [4.78, 5) is 17.9. The van der Waals surface area contributed by atoms with E-state index in [2.05, 4.69) is 16.2 Å². The molecule has 1 aromatic heterocycles. The Balaban J connectivity index is 1.75. The predicted molar refractivity (Wildman–Crippen MR) is 121 cm³/mol. The van der Waals surface area contributed by atoms with Crippen molar-refractivity contribution in [2.24, 2.45) is 5.10 Å². The van der Waals surface area contributed by atoms with Gasteiger partial charge in [0.15, 0.2) is 0 Å². The van der Waals surface area contributed by atoms with Crippen molar-refractivity contribution < 1.29 is 4.79 Å². The second-order valence-electron chi connectivity index (χ2n) is 6.93. The van der Waals surface area contributed by atoms with Crippen LogP contribution in [0.25, 0.3) is 10.2 Å². The summed E-state index contributed by atoms with van der Waals surface area (Å²) in [6, 6.07) is 22.4. The van der Waals surface area contributed by atoms with Crippen LogP contribution in [0, 0.1) is 25.2 Å². The van der Waals surface area contributed by atoms with Crippen molar-refractivity contribution >= 4 is 38.8 Å². The largest absolute Gasteiger partial charge is 0.280 e. The Bertz CT molecular complexity index is 1280. The van der Waals surface area contributed by atoms with Crippen LogP contribution in [0.15, 0.2) is 71.8 Å². The van der Waals surface area contributed by atoms with Crippen LogP contribution in [0.3, 0.4) is 0 Å². The molecule has 0 saturated heterocycles. The number of anilines is 1. The fourth-order valence-corrected chi connectivity index (χ4v) is 3.91. The number of aryl methyl sites for hydroxylation is 2. The van der Waals surface area contributed by atoms with Crippen LogP contribution in [0.1, 0.15) is 32.6 Å². The quantitative estimate of drug-likeness (QED) is 0.331. The van der Waals surface area contributed by atoms with E-state index in [1.807, 2.05) is 56.3 Å². The molecule has 0 radical (unpaired) electrons. The van der Waals surface area contributed by atoms with Gasteiger partial charge < -0.3 is 0 Å². The average Bonchev–Trinajstić information content (AvgIpc) is 3.18. The maximum Gasteiger partial charge on any atom is 0.280 e. The minimum Gasteiger partial charge on any atom is -0.267 e. The fourth-order valence-electron chi connectivity index (χ4n) is 2.89. The van der Waals surface area contributed by atoms with Crippen LogP contribution in [0.4, 0.5) is 5.13 Å². The highest BCUT2D eigenvalue weighted by atomic mass is 32.1. The molecule has 0 bridgehead atoms. The standard InChI is InChI=1S/C24H18N4OS/c1-16-3-6-19(7-4-16)15-26-28(23(29)20-10-8-18(14-25)9-11-20)24-27-21-12-5-17(2)13-22(21)30-24/h3-13,15H,1-2H3/b26-15+. The van der Waals surface area contributed by atoms with Gasteiger partial charge >= 0.3 is 0 Å². The van der Waals surface area contributed by atoms with Gasteiger partial charge in [0, 0.05) is 5.56 Å². The van der Waals surface area contributed by atoms with E-state index in [-0.39, 0.29) is 5.91 Å². The van der Waals surface area contributed by atoms with Crippen molar-refractivity contribution in [2.45, 2.75) is 13.8 Å². The summed E-state index contributed by atoms with van der Waals surface area (Å²) in [7, 11) is 0. The molecule has 4 rings (SSSR count). The van der Waals surface area contributed by atoms with Crippen LogP contribution in [-0.2, 0) is 0 Å². The summed E-state index contributed by atoms with van der Waals surface area (Å²) in [5.41, 5.74) is 4.92. The molecule has 30 heavy (non-hydrogen) atoms. The number of thiazole rings is 1. The Kier molecular flexibility index (Phi) is 5.38. The number of hydrogen-bond donors (Lipinski definition) is 0. The molecule has 1 amide bonds. The number of amides is 1. The molecular weight excluding hydrogens is 392 g/mol. The molecule has 0 atom stereocenters. The number of nitrogens with zero attached hydrogens (tertiary/aromatic N) is 4. The van der Waals surface area contributed by atoms with Crippen molar-refractivity contribution in [1.82, 2.24) is 4.98 Å². The molecule has 0 fully saturated rings. The molecule has 5 nitrogen and oxygen atoms in total. The molecule has 0 saturated carbocycles. The number of hydrogen-bond acceptors (Lipinski definition) is 5. The summed E-state index contributed by atoms with van der Waals surface area (Å²) in [5.74, 6) is -0.307. The van der Waals surface area contributed by atoms with Gasteiger partial charge in [0.05, 0.1) is 28.1 Å². The van der Waals surface area contributed by atoms with E-state index in [1.165, 1.54) is 16.3 Å². The van der Waals surface area contributed by atoms with E-state index < -0.39 is 0 Å². The van der Waals surface area contributed by atoms with Crippen molar-refractivity contribution in [1.29, 1.82) is 5.26 Å². The summed E-state index contributed by atoms with van der Waals surface area (Å²) >= 11 is 1.42. The highest BCUT2D eigenvalue weighted by Crippen LogP contribution is 2.30. The molecule has 3 aromatic carbocycles. The van der Waals surface area contributed by atoms with Gasteiger partial charge in [0.25, 0.3) is 5.91 Å². The fraction of sp³-hybridized carbons (Fsp3) is 0.0833. The zero-order valence-corrected chi connectivity index (χ0v) is 17.4. The number of aromatic nitrogens is 1. The van der Waals surface area contributed by atoms with Crippen LogP contribution in [0.5, 0.6) is 0 Å². The first-order valence-electron chi connectivity index (χ1n) is 9.36. The topological polar surface area (TPSA) is 69.3 Å². The van der Waals surface area contributed by atoms with Gasteiger partial charge in [-0.3, -0.25) is 4.79 Å². The van der Waals surface area contributed by atoms with Gasteiger partial charge in [-0.15, -0.1) is 0 Å². The third kappa shape index (κ3) is 4.12. The van der Waals surface area contributed by atoms with E-state index in [0.717, 1.165) is 26.9 Å². The summed E-state index contributed by atoms with van der Waals surface area (Å²) < 4.78 is 0.994. The first-order valence-corrected chi connectivity index (χ1v) is 10.2. The number of benzene rings is 3. The Morgan fingerprint density at radius 3 is 2.43 bits per heavy atom. The van der Waals surface area contributed by atoms with Crippen LogP contribution < -0.4 is 5.01 Å². The molecule has 0 aliphatic carbocycles. The number of hydrazone groups is 1. The summed E-state index contributed by atoms with van der Waals surface area (Å²) in [5, 5.41) is 15.3. The Hall–Kier alpha value is -3.82. The molecular formula is C24H18N4OS. The number of carbonyl (C=O) groups excluding carboxylic acids is 1. The first kappa shape index (κ1) is 19.5. The highest BCUT2D eigenvalue weighted by Gasteiger charge is 2.21. The number of carbonyl (C=O) groups is 1. The molecule has 4 aromatic rings. The number of nitriles is 1. The number of fused-ring (bicyclic) bond motifs is 1. The van der Waals surface area contributed by atoms with Crippen LogP contribution >= 0.6 is 11.3 Å². The van der Waals surface area contributed by atoms with Crippen molar-refractivity contribution in [2.75, 3.05) is 5.01 Å². The lowest BCUT2D eigenvalue weighted by atomic mass is 10.1. The average molecular weight is 411 g/mol. The maximum atomic E-state index is 13.3. The normalized spacial score (nSPS) is 11.0. The molecule has 0 aliphatic heterocycles. The van der Waals surface area contributed by atoms with Gasteiger partial charge in [0.1, 0.15) is 0 Å². The third-order valence-electron chi connectivity index (χ3n) is 4.57. The Morgan fingerprint density at radius 2 is 1.73 bits per heavy atom. The van der Waals surface area contributed by atoms with Gasteiger partial charge in [0.2, 0.25) is 5.13 Å². The predicted octanol–water partition coefficient (Wildman–Crippen LogP) is 5.47. The second-order valence-corrected chi connectivity index (χ2v) is 7.94. The van der Waals surface area contributed by atoms with E-state index in [1.54, 1.807) is 30.5 Å². The van der Waals surface area contributed by atoms with Gasteiger partial charge in [-0.1, -0.05) is 47.2 Å². The van der Waals surface area contributed by atoms with Crippen molar-refractivity contribution in [3.05, 3.63) is 94.5 Å². The monoisotopic (exact) mass is 410 g/mol. The van der Waals surface area contributed by atoms with Crippen LogP contribution in [-0.4, -0.2) is 17.1 Å². The molecule has 0 aliphatic rings. The van der Waals surface area contributed by atoms with E-state index in [4.69, 9.17) is 5.26 Å². The highest BCUT2D eigenvalue weighted by molar-refractivity contribution is 7.22. The number of rotatable bonds is 4. The van der Waals surface area contributed by atoms with E-state index >= 15 is 0 Å². The molecule has 0 unspecified atom stereocenters. The zero-order valence-electron chi connectivity index (χ0n) is 16.5.